The van der Waals surface area contributed by atoms with Crippen LogP contribution in [0.1, 0.15) is 24.5 Å². The zero-order valence-corrected chi connectivity index (χ0v) is 18.3. The van der Waals surface area contributed by atoms with Crippen LogP contribution in [-0.4, -0.2) is 41.7 Å². The molecule has 1 heterocycles. The van der Waals surface area contributed by atoms with Crippen LogP contribution in [0.25, 0.3) is 0 Å². The third kappa shape index (κ3) is 4.83. The van der Waals surface area contributed by atoms with Crippen molar-refractivity contribution in [2.75, 3.05) is 13.7 Å². The number of methoxy groups -OCH3 is 1. The summed E-state index contributed by atoms with van der Waals surface area (Å²) in [4.78, 5) is 17.3. The third-order valence-corrected chi connectivity index (χ3v) is 6.24. The molecule has 32 heavy (non-hydrogen) atoms. The topological polar surface area (TPSA) is 116 Å². The predicted molar refractivity (Wildman–Crippen MR) is 118 cm³/mol. The Hall–Kier alpha value is -3.18. The van der Waals surface area contributed by atoms with Gasteiger partial charge in [-0.05, 0) is 35.8 Å². The highest BCUT2D eigenvalue weighted by Gasteiger charge is 2.50. The standard InChI is InChI=1S/C21H23F2N5O3S/c1-13(30-2)19(29)28-21(10-11-31-27-20(24)25,14-6-4-3-5-7-14)32-18(26-28)16-12-15(22)8-9-17(16)23/h3-9,12-13H,10-11H2,1-2H3,(H4,24,25,27)/t13-,21+/m0/s1. The molecular formula is C21H23F2N5O3S. The van der Waals surface area contributed by atoms with Gasteiger partial charge in [-0.15, -0.1) is 0 Å². The molecule has 1 aliphatic heterocycles. The van der Waals surface area contributed by atoms with E-state index in [1.165, 1.54) is 12.1 Å². The highest BCUT2D eigenvalue weighted by atomic mass is 32.2. The normalized spacial score (nSPS) is 18.8. The van der Waals surface area contributed by atoms with Gasteiger partial charge >= 0.3 is 0 Å². The smallest absolute Gasteiger partial charge is 0.273 e. The Morgan fingerprint density at radius 3 is 2.62 bits per heavy atom. The Balaban J connectivity index is 2.10. The van der Waals surface area contributed by atoms with E-state index in [-0.39, 0.29) is 29.6 Å². The minimum absolute atomic E-state index is 0.0133. The van der Waals surface area contributed by atoms with Crippen molar-refractivity contribution in [2.24, 2.45) is 21.7 Å². The van der Waals surface area contributed by atoms with Crippen molar-refractivity contribution in [3.8, 4) is 0 Å². The van der Waals surface area contributed by atoms with E-state index in [9.17, 15) is 13.6 Å². The molecule has 3 rings (SSSR count). The van der Waals surface area contributed by atoms with Crippen LogP contribution in [0.15, 0.2) is 58.8 Å². The summed E-state index contributed by atoms with van der Waals surface area (Å²) in [6.45, 7) is 1.59. The first kappa shape index (κ1) is 23.5. The van der Waals surface area contributed by atoms with Gasteiger partial charge in [0.2, 0.25) is 5.96 Å². The van der Waals surface area contributed by atoms with Crippen LogP contribution in [0.3, 0.4) is 0 Å². The second-order valence-electron chi connectivity index (χ2n) is 6.91. The molecule has 0 bridgehead atoms. The molecule has 2 aromatic rings. The lowest BCUT2D eigenvalue weighted by molar-refractivity contribution is -0.145. The lowest BCUT2D eigenvalue weighted by atomic mass is 10.0. The number of thioether (sulfide) groups is 1. The van der Waals surface area contributed by atoms with Crippen molar-refractivity contribution in [1.29, 1.82) is 0 Å². The molecule has 8 nitrogen and oxygen atoms in total. The first-order chi connectivity index (χ1) is 15.3. The van der Waals surface area contributed by atoms with Gasteiger partial charge in [0.1, 0.15) is 34.3 Å². The summed E-state index contributed by atoms with van der Waals surface area (Å²) in [6, 6.07) is 12.1. The van der Waals surface area contributed by atoms with Crippen LogP contribution in [0.5, 0.6) is 0 Å². The number of carbonyl (C=O) groups is 1. The van der Waals surface area contributed by atoms with Crippen molar-refractivity contribution < 1.29 is 23.1 Å². The van der Waals surface area contributed by atoms with Crippen molar-refractivity contribution in [3.05, 3.63) is 71.3 Å². The van der Waals surface area contributed by atoms with Crippen LogP contribution in [0.4, 0.5) is 8.78 Å². The van der Waals surface area contributed by atoms with Crippen LogP contribution >= 0.6 is 11.8 Å². The second kappa shape index (κ2) is 9.96. The molecule has 0 fully saturated rings. The van der Waals surface area contributed by atoms with Gasteiger partial charge in [0.05, 0.1) is 0 Å². The number of carbonyl (C=O) groups excluding carboxylic acids is 1. The molecule has 1 amide bonds. The number of guanidine groups is 1. The molecule has 170 valence electrons. The van der Waals surface area contributed by atoms with Crippen molar-refractivity contribution in [2.45, 2.75) is 24.3 Å². The molecule has 0 saturated carbocycles. The van der Waals surface area contributed by atoms with Crippen molar-refractivity contribution in [3.63, 3.8) is 0 Å². The Morgan fingerprint density at radius 2 is 1.97 bits per heavy atom. The summed E-state index contributed by atoms with van der Waals surface area (Å²) >= 11 is 1.11. The van der Waals surface area contributed by atoms with Gasteiger partial charge in [0, 0.05) is 19.1 Å². The lowest BCUT2D eigenvalue weighted by Gasteiger charge is -2.36. The summed E-state index contributed by atoms with van der Waals surface area (Å²) < 4.78 is 33.7. The number of nitrogens with zero attached hydrogens (tertiary/aromatic N) is 3. The third-order valence-electron chi connectivity index (χ3n) is 4.79. The molecule has 1 aliphatic rings. The SMILES string of the molecule is CO[C@@H](C)C(=O)N1N=C(c2cc(F)ccc2F)S[C@]1(CCON=C(N)N)c1ccccc1. The fraction of sp³-hybridized carbons (Fsp3) is 0.286. The number of hydrogen-bond acceptors (Lipinski definition) is 6. The highest BCUT2D eigenvalue weighted by Crippen LogP contribution is 2.50. The molecule has 0 unspecified atom stereocenters. The summed E-state index contributed by atoms with van der Waals surface area (Å²) in [7, 11) is 1.40. The molecule has 0 aliphatic carbocycles. The van der Waals surface area contributed by atoms with E-state index in [2.05, 4.69) is 10.3 Å². The van der Waals surface area contributed by atoms with Gasteiger partial charge in [-0.25, -0.2) is 13.8 Å². The van der Waals surface area contributed by atoms with E-state index in [0.717, 1.165) is 30.0 Å². The van der Waals surface area contributed by atoms with Crippen molar-refractivity contribution in [1.82, 2.24) is 5.01 Å². The number of benzene rings is 2. The fourth-order valence-corrected chi connectivity index (χ4v) is 4.52. The number of ether oxygens (including phenoxy) is 1. The molecule has 4 N–H and O–H groups in total. The average molecular weight is 464 g/mol. The Kier molecular flexibility index (Phi) is 7.31. The molecule has 11 heteroatoms. The first-order valence-electron chi connectivity index (χ1n) is 9.65. The average Bonchev–Trinajstić information content (AvgIpc) is 3.18. The Labute approximate surface area is 188 Å². The largest absolute Gasteiger partial charge is 0.393 e. The molecule has 2 atom stereocenters. The molecule has 0 radical (unpaired) electrons. The van der Waals surface area contributed by atoms with E-state index >= 15 is 0 Å². The maximum Gasteiger partial charge on any atom is 0.273 e. The summed E-state index contributed by atoms with van der Waals surface area (Å²) in [5.41, 5.74) is 11.3. The molecular weight excluding hydrogens is 440 g/mol. The number of amides is 1. The molecule has 2 aromatic carbocycles. The summed E-state index contributed by atoms with van der Waals surface area (Å²) in [5.74, 6) is -2.00. The zero-order chi connectivity index (χ0) is 23.3. The van der Waals surface area contributed by atoms with Crippen LogP contribution in [0, 0.1) is 11.6 Å². The highest BCUT2D eigenvalue weighted by molar-refractivity contribution is 8.15. The van der Waals surface area contributed by atoms with Gasteiger partial charge in [-0.3, -0.25) is 4.79 Å². The molecule has 0 spiro atoms. The maximum absolute atomic E-state index is 14.6. The monoisotopic (exact) mass is 463 g/mol. The molecule has 0 aromatic heterocycles. The van der Waals surface area contributed by atoms with Gasteiger partial charge in [-0.2, -0.15) is 5.10 Å². The number of halogens is 2. The van der Waals surface area contributed by atoms with E-state index in [1.807, 2.05) is 18.2 Å². The van der Waals surface area contributed by atoms with Gasteiger partial charge in [-0.1, -0.05) is 42.1 Å². The van der Waals surface area contributed by atoms with E-state index < -0.39 is 28.5 Å². The zero-order valence-electron chi connectivity index (χ0n) is 17.5. The number of nitrogens with two attached hydrogens (primary N) is 2. The Morgan fingerprint density at radius 1 is 1.25 bits per heavy atom. The van der Waals surface area contributed by atoms with Crippen LogP contribution in [0.2, 0.25) is 0 Å². The number of hydrogen-bond donors (Lipinski definition) is 2. The van der Waals surface area contributed by atoms with E-state index in [4.69, 9.17) is 21.0 Å². The van der Waals surface area contributed by atoms with Gasteiger partial charge in [0.25, 0.3) is 5.91 Å². The maximum atomic E-state index is 14.6. The van der Waals surface area contributed by atoms with Gasteiger partial charge < -0.3 is 21.0 Å². The first-order valence-corrected chi connectivity index (χ1v) is 10.5. The predicted octanol–water partition coefficient (Wildman–Crippen LogP) is 2.68. The number of oxime groups is 1. The van der Waals surface area contributed by atoms with Crippen LogP contribution in [-0.2, 0) is 19.2 Å². The number of rotatable bonds is 8. The summed E-state index contributed by atoms with van der Waals surface area (Å²) in [5, 5.41) is 9.31. The quantitative estimate of drug-likeness (QED) is 0.269. The van der Waals surface area contributed by atoms with Gasteiger partial charge in [0.15, 0.2) is 0 Å². The van der Waals surface area contributed by atoms with E-state index in [0.29, 0.717) is 5.56 Å². The number of hydrazone groups is 1. The minimum Gasteiger partial charge on any atom is -0.393 e. The molecule has 0 saturated heterocycles. The lowest BCUT2D eigenvalue weighted by Crippen LogP contribution is -2.46. The minimum atomic E-state index is -1.14. The second-order valence-corrected chi connectivity index (χ2v) is 8.18. The van der Waals surface area contributed by atoms with E-state index in [1.54, 1.807) is 19.1 Å². The fourth-order valence-electron chi connectivity index (χ4n) is 3.15. The van der Waals surface area contributed by atoms with Crippen LogP contribution < -0.4 is 11.5 Å². The summed E-state index contributed by atoms with van der Waals surface area (Å²) in [6.07, 6.45) is -0.650. The van der Waals surface area contributed by atoms with Crippen molar-refractivity contribution >= 4 is 28.7 Å². The Bertz CT molecular complexity index is 1030.